The minimum atomic E-state index is -3.00. The van der Waals surface area contributed by atoms with Gasteiger partial charge in [-0.05, 0) is 47.9 Å². The van der Waals surface area contributed by atoms with Gasteiger partial charge in [-0.15, -0.1) is 0 Å². The molecule has 1 aliphatic heterocycles. The van der Waals surface area contributed by atoms with Crippen LogP contribution in [-0.4, -0.2) is 48.8 Å². The third-order valence-electron chi connectivity index (χ3n) is 7.89. The average Bonchev–Trinajstić information content (AvgIpc) is 3.34. The minimum Gasteiger partial charge on any atom is -0.596 e. The molecule has 0 bridgehead atoms. The molecule has 0 spiro atoms. The van der Waals surface area contributed by atoms with E-state index in [-0.39, 0.29) is 12.2 Å². The zero-order chi connectivity index (χ0) is 31.4. The fourth-order valence-electron chi connectivity index (χ4n) is 5.60. The van der Waals surface area contributed by atoms with Crippen molar-refractivity contribution < 1.29 is 32.8 Å². The van der Waals surface area contributed by atoms with Crippen molar-refractivity contribution in [2.75, 3.05) is 27.0 Å². The highest BCUT2D eigenvalue weighted by Gasteiger charge is 2.50. The zero-order valence-corrected chi connectivity index (χ0v) is 25.2. The SMILES string of the molecule is COc1ccc(C(OC[C@H]2O[C@@H](n3cc(C)c(=O)[nH]c3=O)[C@H](F)[C@@H]2C[P+](=O)[O-])(c2ccccc2)c2ccc(OC)cc2)cc1. The van der Waals surface area contributed by atoms with E-state index in [9.17, 15) is 19.0 Å². The van der Waals surface area contributed by atoms with E-state index in [0.717, 1.165) is 21.3 Å². The van der Waals surface area contributed by atoms with E-state index in [1.165, 1.54) is 13.1 Å². The van der Waals surface area contributed by atoms with Crippen molar-refractivity contribution >= 4 is 8.03 Å². The zero-order valence-electron chi connectivity index (χ0n) is 24.3. The first kappa shape index (κ1) is 31.3. The molecule has 0 radical (unpaired) electrons. The number of ether oxygens (including phenoxy) is 4. The van der Waals surface area contributed by atoms with Gasteiger partial charge in [-0.25, -0.2) is 9.18 Å². The Bertz CT molecular complexity index is 1660. The number of alkyl halides is 1. The van der Waals surface area contributed by atoms with E-state index in [4.69, 9.17) is 18.9 Å². The second-order valence-electron chi connectivity index (χ2n) is 10.5. The molecule has 5 atom stereocenters. The van der Waals surface area contributed by atoms with Crippen LogP contribution in [0.4, 0.5) is 4.39 Å². The van der Waals surface area contributed by atoms with Gasteiger partial charge in [0.25, 0.3) is 5.56 Å². The highest BCUT2D eigenvalue weighted by molar-refractivity contribution is 7.36. The molecule has 5 rings (SSSR count). The van der Waals surface area contributed by atoms with Crippen molar-refractivity contribution in [3.8, 4) is 11.5 Å². The predicted molar refractivity (Wildman–Crippen MR) is 159 cm³/mol. The lowest BCUT2D eigenvalue weighted by molar-refractivity contribution is -0.165. The van der Waals surface area contributed by atoms with Gasteiger partial charge in [-0.2, -0.15) is 0 Å². The van der Waals surface area contributed by atoms with Crippen molar-refractivity contribution in [1.29, 1.82) is 0 Å². The van der Waals surface area contributed by atoms with Crippen molar-refractivity contribution in [2.24, 2.45) is 5.92 Å². The molecule has 3 aromatic carbocycles. The van der Waals surface area contributed by atoms with Gasteiger partial charge in [0.05, 0.1) is 32.8 Å². The number of rotatable bonds is 11. The van der Waals surface area contributed by atoms with Crippen LogP contribution in [0.3, 0.4) is 0 Å². The molecule has 12 heteroatoms. The Morgan fingerprint density at radius 1 is 0.932 bits per heavy atom. The van der Waals surface area contributed by atoms with Crippen molar-refractivity contribution in [2.45, 2.75) is 31.0 Å². The van der Waals surface area contributed by atoms with Crippen molar-refractivity contribution in [1.82, 2.24) is 9.55 Å². The van der Waals surface area contributed by atoms with Crippen LogP contribution in [0.5, 0.6) is 11.5 Å². The second-order valence-corrected chi connectivity index (χ2v) is 11.5. The first-order valence-electron chi connectivity index (χ1n) is 13.9. The Hall–Kier alpha value is -4.15. The van der Waals surface area contributed by atoms with E-state index < -0.39 is 55.5 Å². The van der Waals surface area contributed by atoms with Gasteiger partial charge in [0.2, 0.25) is 0 Å². The summed E-state index contributed by atoms with van der Waals surface area (Å²) in [6.07, 6.45) is -3.74. The third-order valence-corrected chi connectivity index (χ3v) is 8.61. The summed E-state index contributed by atoms with van der Waals surface area (Å²) in [5.74, 6) is 0.114. The van der Waals surface area contributed by atoms with Gasteiger partial charge in [0.15, 0.2) is 18.6 Å². The molecule has 2 heterocycles. The molecule has 1 saturated heterocycles. The quantitative estimate of drug-likeness (QED) is 0.197. The standard InChI is InChI=1S/C32H32FN2O8P/c1-20-17-35(31(37)34-29(20)36)30-28(33)26(19-44(38)39)27(43-30)18-42-32(21-7-5-4-6-8-21,22-9-13-24(40-2)14-10-22)23-11-15-25(41-3)16-12-23/h4-17,26-28,30H,18-19H2,1-3H3,(H,34,36,37)/t26-,27-,28-,30-/m1/s1. The molecule has 0 aliphatic carbocycles. The molecule has 0 saturated carbocycles. The molecule has 1 N–H and O–H groups in total. The van der Waals surface area contributed by atoms with Crippen molar-refractivity contribution in [3.05, 3.63) is 128 Å². The van der Waals surface area contributed by atoms with Crippen LogP contribution in [0, 0.1) is 12.8 Å². The molecule has 1 unspecified atom stereocenters. The summed E-state index contributed by atoms with van der Waals surface area (Å²) in [5.41, 5.74) is -0.363. The van der Waals surface area contributed by atoms with E-state index in [1.807, 2.05) is 54.6 Å². The molecule has 1 aromatic heterocycles. The average molecular weight is 623 g/mol. The van der Waals surface area contributed by atoms with E-state index in [0.29, 0.717) is 11.5 Å². The van der Waals surface area contributed by atoms with Crippen LogP contribution in [-0.2, 0) is 19.6 Å². The smallest absolute Gasteiger partial charge is 0.330 e. The number of aromatic nitrogens is 2. The number of hydrogen-bond donors (Lipinski definition) is 1. The number of benzene rings is 3. The number of aromatic amines is 1. The van der Waals surface area contributed by atoms with Crippen molar-refractivity contribution in [3.63, 3.8) is 0 Å². The Balaban J connectivity index is 1.60. The number of hydrogen-bond acceptors (Lipinski definition) is 8. The van der Waals surface area contributed by atoms with Crippen LogP contribution in [0.2, 0.25) is 0 Å². The second kappa shape index (κ2) is 13.2. The molecule has 1 aliphatic rings. The minimum absolute atomic E-state index is 0.175. The van der Waals surface area contributed by atoms with Gasteiger partial charge in [-0.3, -0.25) is 14.3 Å². The summed E-state index contributed by atoms with van der Waals surface area (Å²) in [7, 11) is 0.131. The number of methoxy groups -OCH3 is 2. The van der Waals surface area contributed by atoms with Crippen LogP contribution >= 0.6 is 8.03 Å². The van der Waals surface area contributed by atoms with Crippen LogP contribution < -0.4 is 25.6 Å². The van der Waals surface area contributed by atoms with Crippen LogP contribution in [0.25, 0.3) is 0 Å². The molecular weight excluding hydrogens is 590 g/mol. The third kappa shape index (κ3) is 6.09. The van der Waals surface area contributed by atoms with Gasteiger partial charge >= 0.3 is 13.7 Å². The predicted octanol–water partition coefficient (Wildman–Crippen LogP) is 3.83. The molecule has 44 heavy (non-hydrogen) atoms. The normalized spacial score (nSPS) is 20.3. The Morgan fingerprint density at radius 3 is 2.00 bits per heavy atom. The molecule has 230 valence electrons. The number of nitrogens with one attached hydrogen (secondary N) is 1. The summed E-state index contributed by atoms with van der Waals surface area (Å²) < 4.78 is 52.5. The topological polar surface area (TPSA) is 132 Å². The Kier molecular flexibility index (Phi) is 9.41. The fraction of sp³-hybridized carbons (Fsp3) is 0.312. The number of nitrogens with zero attached hydrogens (tertiary/aromatic N) is 1. The summed E-state index contributed by atoms with van der Waals surface area (Å²) in [5, 5.41) is 0. The van der Waals surface area contributed by atoms with Crippen LogP contribution in [0.15, 0.2) is 94.6 Å². The van der Waals surface area contributed by atoms with Gasteiger partial charge in [0.1, 0.15) is 17.1 Å². The summed E-state index contributed by atoms with van der Waals surface area (Å²) >= 11 is 0. The summed E-state index contributed by atoms with van der Waals surface area (Å²) in [6, 6.07) is 24.1. The first-order chi connectivity index (χ1) is 21.2. The maximum absolute atomic E-state index is 16.0. The number of aryl methyl sites for hydroxylation is 1. The maximum atomic E-state index is 16.0. The molecule has 10 nitrogen and oxygen atoms in total. The molecule has 1 fully saturated rings. The highest BCUT2D eigenvalue weighted by Crippen LogP contribution is 2.44. The lowest BCUT2D eigenvalue weighted by Gasteiger charge is -2.37. The van der Waals surface area contributed by atoms with Gasteiger partial charge in [0, 0.05) is 11.8 Å². The number of H-pyrrole nitrogens is 1. The van der Waals surface area contributed by atoms with Crippen LogP contribution in [0.1, 0.15) is 28.5 Å². The summed E-state index contributed by atoms with van der Waals surface area (Å²) in [6.45, 7) is 1.23. The maximum Gasteiger partial charge on any atom is 0.330 e. The Morgan fingerprint density at radius 2 is 1.48 bits per heavy atom. The van der Waals surface area contributed by atoms with E-state index >= 15 is 4.39 Å². The summed E-state index contributed by atoms with van der Waals surface area (Å²) in [4.78, 5) is 38.6. The Labute approximate surface area is 253 Å². The van der Waals surface area contributed by atoms with Gasteiger partial charge < -0.3 is 23.8 Å². The van der Waals surface area contributed by atoms with Gasteiger partial charge in [-0.1, -0.05) is 59.2 Å². The van der Waals surface area contributed by atoms with E-state index in [2.05, 4.69) is 4.98 Å². The molecule has 0 amide bonds. The lowest BCUT2D eigenvalue weighted by atomic mass is 9.80. The first-order valence-corrected chi connectivity index (χ1v) is 15.3. The fourth-order valence-corrected chi connectivity index (χ4v) is 6.38. The lowest BCUT2D eigenvalue weighted by Crippen LogP contribution is -2.38. The van der Waals surface area contributed by atoms with E-state index in [1.54, 1.807) is 38.5 Å². The molecular formula is C32H32FN2O8P. The molecule has 4 aromatic rings. The monoisotopic (exact) mass is 622 g/mol. The largest absolute Gasteiger partial charge is 0.596 e. The number of halogens is 1. The highest BCUT2D eigenvalue weighted by atomic mass is 31.1.